The van der Waals surface area contributed by atoms with Gasteiger partial charge in [0.05, 0.1) is 5.69 Å². The van der Waals surface area contributed by atoms with Crippen molar-refractivity contribution in [3.63, 3.8) is 0 Å². The number of hydrogen-bond donors (Lipinski definition) is 1. The van der Waals surface area contributed by atoms with Gasteiger partial charge in [-0.05, 0) is 62.2 Å². The van der Waals surface area contributed by atoms with E-state index in [0.29, 0.717) is 13.2 Å². The molecule has 3 nitrogen and oxygen atoms in total. The lowest BCUT2D eigenvalue weighted by molar-refractivity contribution is 0.298. The zero-order valence-electron chi connectivity index (χ0n) is 12.6. The maximum Gasteiger partial charge on any atom is 0.142 e. The van der Waals surface area contributed by atoms with Crippen LogP contribution in [0.4, 0.5) is 0 Å². The first-order chi connectivity index (χ1) is 9.44. The van der Waals surface area contributed by atoms with Crippen LogP contribution in [0.3, 0.4) is 0 Å². The maximum absolute atomic E-state index is 5.91. The van der Waals surface area contributed by atoms with E-state index < -0.39 is 0 Å². The van der Waals surface area contributed by atoms with Gasteiger partial charge in [0.15, 0.2) is 0 Å². The Labute approximate surface area is 125 Å². The van der Waals surface area contributed by atoms with Gasteiger partial charge in [0.25, 0.3) is 0 Å². The van der Waals surface area contributed by atoms with E-state index in [1.807, 2.05) is 19.1 Å². The van der Waals surface area contributed by atoms with Crippen molar-refractivity contribution in [2.75, 3.05) is 0 Å². The van der Waals surface area contributed by atoms with E-state index in [-0.39, 0.29) is 5.54 Å². The van der Waals surface area contributed by atoms with E-state index >= 15 is 0 Å². The van der Waals surface area contributed by atoms with Crippen LogP contribution in [0.15, 0.2) is 29.0 Å². The lowest BCUT2D eigenvalue weighted by atomic mass is 10.1. The fourth-order valence-electron chi connectivity index (χ4n) is 1.74. The average Bonchev–Trinajstić information content (AvgIpc) is 2.87. The molecule has 2 aromatic rings. The standard InChI is InChI=1S/C16H22N2OS/c1-12-5-6-15(19-10-13-7-8-20-11-13)14(18-12)9-17-16(2,3)4/h5-8,11,17H,9-10H2,1-4H3. The molecule has 0 saturated heterocycles. The van der Waals surface area contributed by atoms with Crippen LogP contribution in [0, 0.1) is 6.92 Å². The Morgan fingerprint density at radius 3 is 2.70 bits per heavy atom. The van der Waals surface area contributed by atoms with E-state index in [2.05, 4.69) is 47.9 Å². The van der Waals surface area contributed by atoms with E-state index in [0.717, 1.165) is 17.1 Å². The van der Waals surface area contributed by atoms with Crippen LogP contribution in [0.1, 0.15) is 37.7 Å². The molecule has 108 valence electrons. The van der Waals surface area contributed by atoms with Gasteiger partial charge in [0.2, 0.25) is 0 Å². The Balaban J connectivity index is 2.07. The first-order valence-electron chi connectivity index (χ1n) is 6.79. The summed E-state index contributed by atoms with van der Waals surface area (Å²) < 4.78 is 5.91. The largest absolute Gasteiger partial charge is 0.487 e. The molecule has 0 amide bonds. The number of hydrogen-bond acceptors (Lipinski definition) is 4. The van der Waals surface area contributed by atoms with Gasteiger partial charge >= 0.3 is 0 Å². The number of aromatic nitrogens is 1. The number of rotatable bonds is 5. The number of nitrogens with zero attached hydrogens (tertiary/aromatic N) is 1. The highest BCUT2D eigenvalue weighted by Crippen LogP contribution is 2.20. The van der Waals surface area contributed by atoms with Crippen LogP contribution < -0.4 is 10.1 Å². The van der Waals surface area contributed by atoms with Gasteiger partial charge in [-0.2, -0.15) is 11.3 Å². The maximum atomic E-state index is 5.91. The first kappa shape index (κ1) is 15.0. The highest BCUT2D eigenvalue weighted by Gasteiger charge is 2.12. The van der Waals surface area contributed by atoms with E-state index in [9.17, 15) is 0 Å². The molecule has 0 unspecified atom stereocenters. The number of thiophene rings is 1. The van der Waals surface area contributed by atoms with Gasteiger partial charge in [-0.3, -0.25) is 4.98 Å². The molecule has 2 rings (SSSR count). The molecule has 0 spiro atoms. The Morgan fingerprint density at radius 2 is 2.05 bits per heavy atom. The number of pyridine rings is 1. The summed E-state index contributed by atoms with van der Waals surface area (Å²) in [5.74, 6) is 0.860. The number of aryl methyl sites for hydroxylation is 1. The summed E-state index contributed by atoms with van der Waals surface area (Å²) in [6.45, 7) is 9.75. The zero-order chi connectivity index (χ0) is 14.6. The molecule has 4 heteroatoms. The first-order valence-corrected chi connectivity index (χ1v) is 7.74. The third-order valence-electron chi connectivity index (χ3n) is 2.83. The van der Waals surface area contributed by atoms with Crippen molar-refractivity contribution in [1.82, 2.24) is 10.3 Å². The third kappa shape index (κ3) is 4.62. The van der Waals surface area contributed by atoms with Crippen molar-refractivity contribution in [3.05, 3.63) is 45.9 Å². The fourth-order valence-corrected chi connectivity index (χ4v) is 2.39. The molecule has 0 atom stereocenters. The molecule has 20 heavy (non-hydrogen) atoms. The van der Waals surface area contributed by atoms with Crippen molar-refractivity contribution in [3.8, 4) is 5.75 Å². The molecule has 1 N–H and O–H groups in total. The summed E-state index contributed by atoms with van der Waals surface area (Å²) in [4.78, 5) is 4.59. The second-order valence-corrected chi connectivity index (χ2v) is 6.70. The Kier molecular flexibility index (Phi) is 4.78. The van der Waals surface area contributed by atoms with Gasteiger partial charge in [-0.15, -0.1) is 0 Å². The number of nitrogens with one attached hydrogen (secondary N) is 1. The van der Waals surface area contributed by atoms with Crippen molar-refractivity contribution in [1.29, 1.82) is 0 Å². The SMILES string of the molecule is Cc1ccc(OCc2ccsc2)c(CNC(C)(C)C)n1. The summed E-state index contributed by atoms with van der Waals surface area (Å²) in [6, 6.07) is 6.08. The normalized spacial score (nSPS) is 11.6. The Bertz CT molecular complexity index is 544. The molecule has 0 bridgehead atoms. The van der Waals surface area contributed by atoms with Crippen LogP contribution in [-0.2, 0) is 13.2 Å². The average molecular weight is 290 g/mol. The summed E-state index contributed by atoms with van der Waals surface area (Å²) in [5, 5.41) is 7.63. The van der Waals surface area contributed by atoms with E-state index in [1.54, 1.807) is 11.3 Å². The van der Waals surface area contributed by atoms with Crippen LogP contribution in [0.2, 0.25) is 0 Å². The second-order valence-electron chi connectivity index (χ2n) is 5.92. The zero-order valence-corrected chi connectivity index (χ0v) is 13.4. The molecule has 0 aromatic carbocycles. The molecule has 0 aliphatic heterocycles. The fraction of sp³-hybridized carbons (Fsp3) is 0.438. The monoisotopic (exact) mass is 290 g/mol. The van der Waals surface area contributed by atoms with Crippen LogP contribution >= 0.6 is 11.3 Å². The molecule has 0 fully saturated rings. The molecule has 0 aliphatic rings. The third-order valence-corrected chi connectivity index (χ3v) is 3.56. The molecule has 0 radical (unpaired) electrons. The molecular weight excluding hydrogens is 268 g/mol. The summed E-state index contributed by atoms with van der Waals surface area (Å²) in [5.41, 5.74) is 3.25. The van der Waals surface area contributed by atoms with Gasteiger partial charge in [0.1, 0.15) is 12.4 Å². The van der Waals surface area contributed by atoms with Crippen molar-refractivity contribution < 1.29 is 4.74 Å². The smallest absolute Gasteiger partial charge is 0.142 e. The molecule has 2 heterocycles. The summed E-state index contributed by atoms with van der Waals surface area (Å²) >= 11 is 1.69. The molecular formula is C16H22N2OS. The Morgan fingerprint density at radius 1 is 1.25 bits per heavy atom. The second kappa shape index (κ2) is 6.37. The van der Waals surface area contributed by atoms with Crippen LogP contribution in [0.25, 0.3) is 0 Å². The minimum atomic E-state index is 0.0655. The number of ether oxygens (including phenoxy) is 1. The van der Waals surface area contributed by atoms with E-state index in [1.165, 1.54) is 5.56 Å². The summed E-state index contributed by atoms with van der Waals surface area (Å²) in [7, 11) is 0. The Hall–Kier alpha value is -1.39. The van der Waals surface area contributed by atoms with Crippen LogP contribution in [-0.4, -0.2) is 10.5 Å². The van der Waals surface area contributed by atoms with Crippen molar-refractivity contribution in [2.24, 2.45) is 0 Å². The van der Waals surface area contributed by atoms with Gasteiger partial charge in [0, 0.05) is 17.8 Å². The molecule has 2 aromatic heterocycles. The predicted octanol–water partition coefficient (Wildman–Crippen LogP) is 3.92. The quantitative estimate of drug-likeness (QED) is 0.906. The highest BCUT2D eigenvalue weighted by atomic mass is 32.1. The van der Waals surface area contributed by atoms with Crippen LogP contribution in [0.5, 0.6) is 5.75 Å². The van der Waals surface area contributed by atoms with Gasteiger partial charge in [-0.1, -0.05) is 0 Å². The topological polar surface area (TPSA) is 34.1 Å². The van der Waals surface area contributed by atoms with E-state index in [4.69, 9.17) is 4.74 Å². The lowest BCUT2D eigenvalue weighted by Crippen LogP contribution is -2.35. The highest BCUT2D eigenvalue weighted by molar-refractivity contribution is 7.07. The minimum Gasteiger partial charge on any atom is -0.487 e. The minimum absolute atomic E-state index is 0.0655. The summed E-state index contributed by atoms with van der Waals surface area (Å²) in [6.07, 6.45) is 0. The van der Waals surface area contributed by atoms with Crippen molar-refractivity contribution >= 4 is 11.3 Å². The van der Waals surface area contributed by atoms with Gasteiger partial charge < -0.3 is 10.1 Å². The molecule has 0 saturated carbocycles. The van der Waals surface area contributed by atoms with Gasteiger partial charge in [-0.25, -0.2) is 0 Å². The molecule has 0 aliphatic carbocycles. The predicted molar refractivity (Wildman–Crippen MR) is 84.2 cm³/mol. The lowest BCUT2D eigenvalue weighted by Gasteiger charge is -2.21. The van der Waals surface area contributed by atoms with Crippen molar-refractivity contribution in [2.45, 2.75) is 46.4 Å².